The minimum absolute atomic E-state index is 0.0136. The average Bonchev–Trinajstić information content (AvgIpc) is 2.99. The molecule has 1 aliphatic heterocycles. The molecule has 1 saturated heterocycles. The van der Waals surface area contributed by atoms with E-state index in [0.717, 1.165) is 0 Å². The fourth-order valence-electron chi connectivity index (χ4n) is 3.18. The highest BCUT2D eigenvalue weighted by Gasteiger charge is 2.34. The summed E-state index contributed by atoms with van der Waals surface area (Å²) < 4.78 is 56.0. The summed E-state index contributed by atoms with van der Waals surface area (Å²) in [6, 6.07) is 0. The molecule has 0 saturated carbocycles. The molecule has 0 aromatic carbocycles. The topological polar surface area (TPSA) is 121 Å². The summed E-state index contributed by atoms with van der Waals surface area (Å²) in [5.41, 5.74) is 0.885. The molecule has 0 spiro atoms. The molecule has 3 rings (SSSR count). The zero-order valence-corrected chi connectivity index (χ0v) is 17.4. The van der Waals surface area contributed by atoms with E-state index in [1.807, 2.05) is 0 Å². The van der Waals surface area contributed by atoms with Crippen LogP contribution in [0.5, 0.6) is 0 Å². The number of nitrogens with one attached hydrogen (secondary N) is 1. The first kappa shape index (κ1) is 20.0. The fraction of sp³-hybridized carbons (Fsp3) is 0.600. The lowest BCUT2D eigenvalue weighted by molar-refractivity contribution is 0.403. The molecule has 2 aromatic heterocycles. The minimum atomic E-state index is -3.76. The van der Waals surface area contributed by atoms with Gasteiger partial charge in [0.15, 0.2) is 5.03 Å². The molecule has 3 heterocycles. The van der Waals surface area contributed by atoms with Gasteiger partial charge in [0, 0.05) is 39.4 Å². The van der Waals surface area contributed by atoms with Crippen molar-refractivity contribution >= 4 is 20.0 Å². The van der Waals surface area contributed by atoms with Crippen molar-refractivity contribution in [2.24, 2.45) is 7.05 Å². The van der Waals surface area contributed by atoms with Crippen molar-refractivity contribution in [3.8, 4) is 0 Å². The van der Waals surface area contributed by atoms with Gasteiger partial charge in [-0.25, -0.2) is 21.8 Å². The molecule has 0 unspecified atom stereocenters. The molecule has 2 aromatic rings. The second-order valence-electron chi connectivity index (χ2n) is 6.66. The van der Waals surface area contributed by atoms with Crippen molar-refractivity contribution in [3.05, 3.63) is 23.4 Å². The number of imidazole rings is 1. The predicted molar refractivity (Wildman–Crippen MR) is 98.1 cm³/mol. The minimum Gasteiger partial charge on any atom is -0.337 e. The first-order valence-electron chi connectivity index (χ1n) is 8.57. The highest BCUT2D eigenvalue weighted by atomic mass is 32.2. The SMILES string of the molecule is Cc1n[nH]c(C)c1S(=O)(=O)N1CCCN(S(=O)(=O)c2cn(C)c(C)n2)CC1. The number of aromatic nitrogens is 4. The van der Waals surface area contributed by atoms with E-state index in [4.69, 9.17) is 0 Å². The molecule has 150 valence electrons. The Hall–Kier alpha value is -1.76. The Balaban J connectivity index is 1.83. The average molecular weight is 417 g/mol. The normalized spacial score (nSPS) is 17.9. The number of H-pyrrole nitrogens is 1. The Labute approximate surface area is 159 Å². The summed E-state index contributed by atoms with van der Waals surface area (Å²) in [5, 5.41) is 6.63. The number of hydrogen-bond donors (Lipinski definition) is 1. The molecule has 27 heavy (non-hydrogen) atoms. The van der Waals surface area contributed by atoms with Crippen LogP contribution >= 0.6 is 0 Å². The highest BCUT2D eigenvalue weighted by molar-refractivity contribution is 7.89. The van der Waals surface area contributed by atoms with Gasteiger partial charge in [0.2, 0.25) is 10.0 Å². The van der Waals surface area contributed by atoms with E-state index in [1.54, 1.807) is 32.4 Å². The molecule has 1 fully saturated rings. The highest BCUT2D eigenvalue weighted by Crippen LogP contribution is 2.24. The monoisotopic (exact) mass is 416 g/mol. The maximum atomic E-state index is 13.0. The van der Waals surface area contributed by atoms with E-state index in [9.17, 15) is 16.8 Å². The van der Waals surface area contributed by atoms with Gasteiger partial charge in [-0.2, -0.15) is 13.7 Å². The fourth-order valence-corrected chi connectivity index (χ4v) is 6.48. The van der Waals surface area contributed by atoms with Crippen molar-refractivity contribution in [2.75, 3.05) is 26.2 Å². The van der Waals surface area contributed by atoms with Gasteiger partial charge in [0.25, 0.3) is 10.0 Å². The molecule has 12 heteroatoms. The Kier molecular flexibility index (Phi) is 5.18. The number of rotatable bonds is 4. The Morgan fingerprint density at radius 1 is 0.963 bits per heavy atom. The molecule has 0 bridgehead atoms. The quantitative estimate of drug-likeness (QED) is 0.757. The molecular weight excluding hydrogens is 392 g/mol. The van der Waals surface area contributed by atoms with Gasteiger partial charge in [-0.15, -0.1) is 0 Å². The van der Waals surface area contributed by atoms with Crippen LogP contribution < -0.4 is 0 Å². The number of aryl methyl sites for hydroxylation is 4. The lowest BCUT2D eigenvalue weighted by Crippen LogP contribution is -2.37. The predicted octanol–water partition coefficient (Wildman–Crippen LogP) is 0.154. The Morgan fingerprint density at radius 3 is 2.04 bits per heavy atom. The van der Waals surface area contributed by atoms with Crippen LogP contribution in [0.3, 0.4) is 0 Å². The molecule has 1 N–H and O–H groups in total. The maximum absolute atomic E-state index is 13.0. The van der Waals surface area contributed by atoms with Gasteiger partial charge in [-0.05, 0) is 27.2 Å². The molecule has 0 atom stereocenters. The van der Waals surface area contributed by atoms with Gasteiger partial charge < -0.3 is 4.57 Å². The largest absolute Gasteiger partial charge is 0.337 e. The molecule has 1 aliphatic rings. The van der Waals surface area contributed by atoms with E-state index >= 15 is 0 Å². The lowest BCUT2D eigenvalue weighted by atomic mass is 10.4. The van der Waals surface area contributed by atoms with Crippen LogP contribution in [-0.2, 0) is 27.1 Å². The van der Waals surface area contributed by atoms with Gasteiger partial charge in [-0.3, -0.25) is 5.10 Å². The van der Waals surface area contributed by atoms with Crippen LogP contribution in [0.4, 0.5) is 0 Å². The first-order chi connectivity index (χ1) is 12.5. The van der Waals surface area contributed by atoms with Crippen LogP contribution in [0.15, 0.2) is 16.1 Å². The van der Waals surface area contributed by atoms with Gasteiger partial charge in [0.05, 0.1) is 11.4 Å². The number of sulfonamides is 2. The molecule has 0 amide bonds. The lowest BCUT2D eigenvalue weighted by Gasteiger charge is -2.21. The standard InChI is InChI=1S/C15H24N6O4S2/c1-11-15(12(2)18-17-11)27(24,25)21-7-5-6-20(8-9-21)26(22,23)14-10-19(4)13(3)16-14/h10H,5-9H2,1-4H3,(H,17,18). The summed E-state index contributed by atoms with van der Waals surface area (Å²) in [6.07, 6.45) is 1.88. The van der Waals surface area contributed by atoms with E-state index in [-0.39, 0.29) is 36.1 Å². The van der Waals surface area contributed by atoms with Crippen molar-refractivity contribution < 1.29 is 16.8 Å². The molecule has 0 aliphatic carbocycles. The summed E-state index contributed by atoms with van der Waals surface area (Å²) in [6.45, 7) is 5.67. The first-order valence-corrected chi connectivity index (χ1v) is 11.4. The summed E-state index contributed by atoms with van der Waals surface area (Å²) in [5.74, 6) is 0.596. The summed E-state index contributed by atoms with van der Waals surface area (Å²) in [7, 11) is -5.78. The van der Waals surface area contributed by atoms with Crippen LogP contribution in [-0.4, -0.2) is 71.4 Å². The van der Waals surface area contributed by atoms with Crippen molar-refractivity contribution in [1.82, 2.24) is 28.4 Å². The third-order valence-electron chi connectivity index (χ3n) is 4.76. The van der Waals surface area contributed by atoms with Crippen LogP contribution in [0.2, 0.25) is 0 Å². The van der Waals surface area contributed by atoms with E-state index in [2.05, 4.69) is 15.2 Å². The van der Waals surface area contributed by atoms with Crippen LogP contribution in [0.1, 0.15) is 23.6 Å². The van der Waals surface area contributed by atoms with Gasteiger partial charge in [-0.1, -0.05) is 0 Å². The van der Waals surface area contributed by atoms with E-state index < -0.39 is 20.0 Å². The van der Waals surface area contributed by atoms with Crippen LogP contribution in [0, 0.1) is 20.8 Å². The maximum Gasteiger partial charge on any atom is 0.262 e. The van der Waals surface area contributed by atoms with Gasteiger partial charge in [0.1, 0.15) is 10.7 Å². The number of aromatic amines is 1. The van der Waals surface area contributed by atoms with E-state index in [1.165, 1.54) is 14.8 Å². The van der Waals surface area contributed by atoms with E-state index in [0.29, 0.717) is 23.6 Å². The van der Waals surface area contributed by atoms with Crippen molar-refractivity contribution in [2.45, 2.75) is 37.1 Å². The molecule has 10 nitrogen and oxygen atoms in total. The third-order valence-corrected chi connectivity index (χ3v) is 8.70. The molecular formula is C15H24N6O4S2. The van der Waals surface area contributed by atoms with Crippen molar-refractivity contribution in [3.63, 3.8) is 0 Å². The summed E-state index contributed by atoms with van der Waals surface area (Å²) >= 11 is 0. The number of hydrogen-bond acceptors (Lipinski definition) is 6. The Morgan fingerprint density at radius 2 is 1.56 bits per heavy atom. The zero-order valence-electron chi connectivity index (χ0n) is 15.8. The van der Waals surface area contributed by atoms with Crippen LogP contribution in [0.25, 0.3) is 0 Å². The second-order valence-corrected chi connectivity index (χ2v) is 10.4. The third kappa shape index (κ3) is 3.53. The van der Waals surface area contributed by atoms with Gasteiger partial charge >= 0.3 is 0 Å². The Bertz CT molecular complexity index is 1020. The summed E-state index contributed by atoms with van der Waals surface area (Å²) in [4.78, 5) is 4.27. The molecule has 0 radical (unpaired) electrons. The second kappa shape index (κ2) is 7.00. The van der Waals surface area contributed by atoms with Crippen molar-refractivity contribution in [1.29, 1.82) is 0 Å². The smallest absolute Gasteiger partial charge is 0.262 e. The zero-order chi connectivity index (χ0) is 20.0. The number of nitrogens with zero attached hydrogens (tertiary/aromatic N) is 5.